The Bertz CT molecular complexity index is 694. The van der Waals surface area contributed by atoms with E-state index in [1.807, 2.05) is 0 Å². The van der Waals surface area contributed by atoms with Gasteiger partial charge < -0.3 is 5.02 Å². The third-order valence-corrected chi connectivity index (χ3v) is 3.60. The molecule has 0 heterocycles. The third-order valence-electron chi connectivity index (χ3n) is 3.30. The molecule has 0 bridgehead atoms. The van der Waals surface area contributed by atoms with E-state index < -0.39 is 29.7 Å². The average Bonchev–Trinajstić information content (AvgIpc) is 2.45. The summed E-state index contributed by atoms with van der Waals surface area (Å²) in [6.07, 6.45) is -11.0. The molecule has 0 fully saturated rings. The second kappa shape index (κ2) is 6.72. The molecule has 2 aromatic carbocycles. The average molecular weight is 364 g/mol. The van der Waals surface area contributed by atoms with Crippen LogP contribution in [0.15, 0.2) is 42.5 Å². The van der Waals surface area contributed by atoms with Gasteiger partial charge in [0.05, 0.1) is 11.1 Å². The van der Waals surface area contributed by atoms with Gasteiger partial charge in [0.15, 0.2) is 0 Å². The molecule has 2 rings (SSSR count). The smallest absolute Gasteiger partial charge is 0.416 e. The van der Waals surface area contributed by atoms with E-state index in [0.717, 1.165) is 0 Å². The van der Waals surface area contributed by atoms with E-state index in [-0.39, 0.29) is 18.1 Å². The second-order valence-electron chi connectivity index (χ2n) is 5.21. The first-order chi connectivity index (χ1) is 11.0. The van der Waals surface area contributed by atoms with E-state index >= 15 is 0 Å². The van der Waals surface area contributed by atoms with E-state index in [1.165, 1.54) is 6.07 Å². The van der Waals surface area contributed by atoms with Crippen molar-refractivity contribution in [3.05, 3.63) is 64.7 Å². The van der Waals surface area contributed by atoms with Crippen LogP contribution in [0.1, 0.15) is 22.3 Å². The van der Waals surface area contributed by atoms with Gasteiger partial charge in [-0.05, 0) is 41.2 Å². The largest absolute Gasteiger partial charge is 0.438 e. The minimum absolute atomic E-state index is 0.0946. The minimum Gasteiger partial charge on any atom is -0.438 e. The number of rotatable bonds is 3. The highest BCUT2D eigenvalue weighted by Gasteiger charge is 2.36. The van der Waals surface area contributed by atoms with E-state index in [1.54, 1.807) is 18.2 Å². The van der Waals surface area contributed by atoms with Gasteiger partial charge >= 0.3 is 18.5 Å². The lowest BCUT2D eigenvalue weighted by molar-refractivity contribution is -0.143. The van der Waals surface area contributed by atoms with Crippen LogP contribution < -0.4 is 5.46 Å². The van der Waals surface area contributed by atoms with Crippen molar-refractivity contribution in [3.63, 3.8) is 0 Å². The van der Waals surface area contributed by atoms with E-state index in [9.17, 15) is 31.4 Å². The fraction of sp³-hybridized carbons (Fsp3) is 0.200. The zero-order valence-electron chi connectivity index (χ0n) is 12.0. The molecule has 0 unspecified atom stereocenters. The summed E-state index contributed by atoms with van der Waals surface area (Å²) < 4.78 is 77.0. The van der Waals surface area contributed by atoms with Crippen molar-refractivity contribution >= 4 is 24.1 Å². The highest BCUT2D eigenvalue weighted by atomic mass is 32.1. The molecule has 0 aliphatic carbocycles. The number of alkyl halides is 6. The lowest BCUT2D eigenvalue weighted by Gasteiger charge is -2.14. The van der Waals surface area contributed by atoms with Gasteiger partial charge in [-0.15, -0.1) is 0 Å². The van der Waals surface area contributed by atoms with Crippen LogP contribution in [0.5, 0.6) is 0 Å². The maximum atomic E-state index is 12.8. The quantitative estimate of drug-likeness (QED) is 0.481. The zero-order chi connectivity index (χ0) is 18.1. The molecule has 0 radical (unpaired) electrons. The molecule has 24 heavy (non-hydrogen) atoms. The molecule has 1 nitrogen and oxygen atoms in total. The molecule has 0 aliphatic rings. The van der Waals surface area contributed by atoms with Crippen LogP contribution in [0.3, 0.4) is 0 Å². The van der Waals surface area contributed by atoms with Crippen molar-refractivity contribution in [1.82, 2.24) is 0 Å². The van der Waals surface area contributed by atoms with Gasteiger partial charge in [0.1, 0.15) is 0 Å². The Kier molecular flexibility index (Phi) is 5.24. The Morgan fingerprint density at radius 2 is 1.38 bits per heavy atom. The summed E-state index contributed by atoms with van der Waals surface area (Å²) >= 11 is 3.83. The summed E-state index contributed by atoms with van der Waals surface area (Å²) in [4.78, 5) is 0. The molecule has 0 aromatic heterocycles. The Morgan fingerprint density at radius 3 is 1.83 bits per heavy atom. The maximum Gasteiger partial charge on any atom is 0.416 e. The highest BCUT2D eigenvalue weighted by Crippen LogP contribution is 2.36. The summed E-state index contributed by atoms with van der Waals surface area (Å²) in [6.45, 7) is 0. The predicted molar refractivity (Wildman–Crippen MR) is 82.3 cm³/mol. The molecule has 128 valence electrons. The number of hydrogen-bond acceptors (Lipinski definition) is 2. The van der Waals surface area contributed by atoms with Gasteiger partial charge in [0.25, 0.3) is 0 Å². The molecule has 2 aromatic rings. The van der Waals surface area contributed by atoms with Crippen molar-refractivity contribution in [1.29, 1.82) is 0 Å². The van der Waals surface area contributed by atoms with Crippen LogP contribution in [0.2, 0.25) is 0 Å². The SMILES string of the molecule is OB(S)c1cccc(Cc2cc(C(F)(F)F)cc(C(F)(F)F)c2)c1. The molecular formula is C15H11BF6OS. The Balaban J connectivity index is 2.44. The topological polar surface area (TPSA) is 20.2 Å². The fourth-order valence-corrected chi connectivity index (χ4v) is 2.38. The monoisotopic (exact) mass is 364 g/mol. The summed E-state index contributed by atoms with van der Waals surface area (Å²) in [5, 5.41) is 9.38. The van der Waals surface area contributed by atoms with Crippen molar-refractivity contribution in [2.24, 2.45) is 0 Å². The molecule has 0 aliphatic heterocycles. The first kappa shape index (κ1) is 18.7. The first-order valence-corrected chi connectivity index (χ1v) is 7.22. The summed E-state index contributed by atoms with van der Waals surface area (Å²) in [6, 6.07) is 7.60. The number of benzene rings is 2. The lowest BCUT2D eigenvalue weighted by atomic mass is 9.84. The summed E-state index contributed by atoms with van der Waals surface area (Å²) in [7, 11) is 0. The number of halogens is 6. The van der Waals surface area contributed by atoms with Crippen LogP contribution in [-0.2, 0) is 18.8 Å². The van der Waals surface area contributed by atoms with E-state index in [4.69, 9.17) is 0 Å². The number of hydrogen-bond donors (Lipinski definition) is 2. The van der Waals surface area contributed by atoms with Gasteiger partial charge in [-0.3, -0.25) is 0 Å². The van der Waals surface area contributed by atoms with Crippen molar-refractivity contribution < 1.29 is 31.4 Å². The van der Waals surface area contributed by atoms with Crippen LogP contribution in [0, 0.1) is 0 Å². The highest BCUT2D eigenvalue weighted by molar-refractivity contribution is 8.10. The third kappa shape index (κ3) is 4.70. The van der Waals surface area contributed by atoms with Crippen LogP contribution in [0.4, 0.5) is 26.3 Å². The molecule has 0 saturated heterocycles. The van der Waals surface area contributed by atoms with E-state index in [0.29, 0.717) is 23.2 Å². The second-order valence-corrected chi connectivity index (χ2v) is 5.70. The van der Waals surface area contributed by atoms with Crippen molar-refractivity contribution in [3.8, 4) is 0 Å². The standard InChI is InChI=1S/C15H11BF6OS/c17-14(18,19)11-5-10(6-12(8-11)15(20,21)22)4-9-2-1-3-13(7-9)16(23)24/h1-3,5-8,23-24H,4H2. The lowest BCUT2D eigenvalue weighted by Crippen LogP contribution is -2.24. The Hall–Kier alpha value is -1.61. The van der Waals surface area contributed by atoms with Crippen molar-refractivity contribution in [2.45, 2.75) is 18.8 Å². The van der Waals surface area contributed by atoms with Crippen LogP contribution in [-0.4, -0.2) is 11.2 Å². The minimum atomic E-state index is -4.88. The fourth-order valence-electron chi connectivity index (χ4n) is 2.22. The van der Waals surface area contributed by atoms with Crippen LogP contribution >= 0.6 is 12.5 Å². The van der Waals surface area contributed by atoms with Crippen molar-refractivity contribution in [2.75, 3.05) is 0 Å². The molecule has 9 heteroatoms. The predicted octanol–water partition coefficient (Wildman–Crippen LogP) is 3.93. The normalized spacial score (nSPS) is 12.3. The van der Waals surface area contributed by atoms with Gasteiger partial charge in [0.2, 0.25) is 0 Å². The maximum absolute atomic E-state index is 12.8. The molecule has 0 amide bonds. The molecule has 0 saturated carbocycles. The van der Waals surface area contributed by atoms with Gasteiger partial charge in [-0.1, -0.05) is 24.3 Å². The molecule has 0 atom stereocenters. The summed E-state index contributed by atoms with van der Waals surface area (Å²) in [5.41, 5.74) is -1.95. The Morgan fingerprint density at radius 1 is 0.833 bits per heavy atom. The molecular weight excluding hydrogens is 353 g/mol. The molecule has 0 spiro atoms. The van der Waals surface area contributed by atoms with Gasteiger partial charge in [0, 0.05) is 0 Å². The zero-order valence-corrected chi connectivity index (χ0v) is 12.9. The Labute approximate surface area is 139 Å². The van der Waals surface area contributed by atoms with Gasteiger partial charge in [-0.2, -0.15) is 38.8 Å². The number of thiol groups is 1. The first-order valence-electron chi connectivity index (χ1n) is 6.70. The molecule has 1 N–H and O–H groups in total. The van der Waals surface area contributed by atoms with Gasteiger partial charge in [-0.25, -0.2) is 0 Å². The van der Waals surface area contributed by atoms with Crippen LogP contribution in [0.25, 0.3) is 0 Å². The van der Waals surface area contributed by atoms with E-state index in [2.05, 4.69) is 12.5 Å². The summed E-state index contributed by atoms with van der Waals surface area (Å²) in [5.74, 6) is 0.